The summed E-state index contributed by atoms with van der Waals surface area (Å²) in [4.78, 5) is 13.6. The second-order valence-electron chi connectivity index (χ2n) is 4.66. The third kappa shape index (κ3) is 2.77. The summed E-state index contributed by atoms with van der Waals surface area (Å²) in [6.07, 6.45) is 0. The molecule has 4 heteroatoms. The molecule has 3 N–H and O–H groups in total. The van der Waals surface area contributed by atoms with E-state index >= 15 is 0 Å². The number of nitrogens with zero attached hydrogens (tertiary/aromatic N) is 1. The summed E-state index contributed by atoms with van der Waals surface area (Å²) in [6, 6.07) is 10.2. The van der Waals surface area contributed by atoms with E-state index in [1.807, 2.05) is 35.2 Å². The van der Waals surface area contributed by atoms with Gasteiger partial charge in [0, 0.05) is 13.1 Å². The minimum atomic E-state index is 0.0131. The summed E-state index contributed by atoms with van der Waals surface area (Å²) in [6.45, 7) is 4.13. The Morgan fingerprint density at radius 1 is 1.47 bits per heavy atom. The molecule has 1 aromatic rings. The van der Waals surface area contributed by atoms with Crippen LogP contribution in [0.3, 0.4) is 0 Å². The van der Waals surface area contributed by atoms with E-state index in [1.54, 1.807) is 0 Å². The van der Waals surface area contributed by atoms with E-state index in [1.165, 1.54) is 0 Å². The van der Waals surface area contributed by atoms with Gasteiger partial charge in [0.25, 0.3) is 0 Å². The van der Waals surface area contributed by atoms with Gasteiger partial charge in [0.2, 0.25) is 0 Å². The number of rotatable bonds is 4. The number of nitrogens with one attached hydrogen (secondary N) is 1. The largest absolute Gasteiger partial charge is 0.330 e. The first-order chi connectivity index (χ1) is 8.20. The molecule has 2 amide bonds. The van der Waals surface area contributed by atoms with Crippen molar-refractivity contribution in [2.24, 2.45) is 11.7 Å². The Kier molecular flexibility index (Phi) is 3.64. The van der Waals surface area contributed by atoms with Crippen molar-refractivity contribution in [3.8, 4) is 0 Å². The maximum Gasteiger partial charge on any atom is 0.318 e. The lowest BCUT2D eigenvalue weighted by Gasteiger charge is -2.18. The molecule has 17 heavy (non-hydrogen) atoms. The molecule has 1 aliphatic rings. The van der Waals surface area contributed by atoms with Crippen LogP contribution < -0.4 is 11.1 Å². The first-order valence-electron chi connectivity index (χ1n) is 6.01. The smallest absolute Gasteiger partial charge is 0.318 e. The van der Waals surface area contributed by atoms with Crippen molar-refractivity contribution < 1.29 is 4.79 Å². The highest BCUT2D eigenvalue weighted by Crippen LogP contribution is 2.20. The highest BCUT2D eigenvalue weighted by atomic mass is 16.2. The number of carbonyl (C=O) groups is 1. The Morgan fingerprint density at radius 3 is 2.82 bits per heavy atom. The van der Waals surface area contributed by atoms with E-state index in [4.69, 9.17) is 5.73 Å². The number of hydrogen-bond acceptors (Lipinski definition) is 2. The summed E-state index contributed by atoms with van der Waals surface area (Å²) in [5, 5.41) is 3.00. The van der Waals surface area contributed by atoms with Crippen molar-refractivity contribution in [2.75, 3.05) is 19.6 Å². The molecular formula is C13H19N3O. The van der Waals surface area contributed by atoms with Gasteiger partial charge in [-0.25, -0.2) is 4.79 Å². The molecule has 4 nitrogen and oxygen atoms in total. The fraction of sp³-hybridized carbons (Fsp3) is 0.462. The molecule has 1 heterocycles. The zero-order valence-corrected chi connectivity index (χ0v) is 10.1. The molecule has 2 rings (SSSR count). The Balaban J connectivity index is 2.00. The fourth-order valence-electron chi connectivity index (χ4n) is 2.07. The van der Waals surface area contributed by atoms with E-state index in [-0.39, 0.29) is 12.1 Å². The molecule has 1 aliphatic heterocycles. The van der Waals surface area contributed by atoms with Gasteiger partial charge in [0.05, 0.1) is 6.04 Å². The summed E-state index contributed by atoms with van der Waals surface area (Å²) in [5.41, 5.74) is 6.74. The van der Waals surface area contributed by atoms with Crippen molar-refractivity contribution in [1.82, 2.24) is 10.2 Å². The van der Waals surface area contributed by atoms with Gasteiger partial charge in [-0.2, -0.15) is 0 Å². The predicted octanol–water partition coefficient (Wildman–Crippen LogP) is 1.35. The third-order valence-corrected chi connectivity index (χ3v) is 3.12. The monoisotopic (exact) mass is 233 g/mol. The summed E-state index contributed by atoms with van der Waals surface area (Å²) >= 11 is 0. The van der Waals surface area contributed by atoms with E-state index in [0.29, 0.717) is 12.5 Å². The summed E-state index contributed by atoms with van der Waals surface area (Å²) < 4.78 is 0. The van der Waals surface area contributed by atoms with Crippen molar-refractivity contribution in [3.05, 3.63) is 35.9 Å². The molecule has 0 aliphatic carbocycles. The van der Waals surface area contributed by atoms with Crippen molar-refractivity contribution in [1.29, 1.82) is 0 Å². The van der Waals surface area contributed by atoms with Crippen LogP contribution >= 0.6 is 0 Å². The van der Waals surface area contributed by atoms with Crippen LogP contribution in [0.15, 0.2) is 30.3 Å². The normalized spacial score (nSPS) is 21.4. The molecular weight excluding hydrogens is 214 g/mol. The van der Waals surface area contributed by atoms with Gasteiger partial charge in [-0.15, -0.1) is 0 Å². The van der Waals surface area contributed by atoms with Crippen LogP contribution in [0.4, 0.5) is 4.79 Å². The molecule has 0 saturated carbocycles. The number of urea groups is 1. The lowest BCUT2D eigenvalue weighted by atomic mass is 10.1. The zero-order valence-electron chi connectivity index (χ0n) is 10.1. The highest BCUT2D eigenvalue weighted by molar-refractivity contribution is 5.77. The van der Waals surface area contributed by atoms with Crippen molar-refractivity contribution >= 4 is 6.03 Å². The Bertz CT molecular complexity index is 380. The first-order valence-corrected chi connectivity index (χ1v) is 6.01. The van der Waals surface area contributed by atoms with Crippen LogP contribution in [0.2, 0.25) is 0 Å². The van der Waals surface area contributed by atoms with Gasteiger partial charge in [-0.05, 0) is 18.0 Å². The second kappa shape index (κ2) is 5.19. The molecule has 2 atom stereocenters. The molecule has 2 unspecified atom stereocenters. The van der Waals surface area contributed by atoms with Gasteiger partial charge >= 0.3 is 6.03 Å². The quantitative estimate of drug-likeness (QED) is 0.824. The number of nitrogens with two attached hydrogens (primary N) is 1. The topological polar surface area (TPSA) is 58.4 Å². The summed E-state index contributed by atoms with van der Waals surface area (Å²) in [7, 11) is 0. The molecule has 0 radical (unpaired) electrons. The van der Waals surface area contributed by atoms with Gasteiger partial charge in [0.15, 0.2) is 0 Å². The van der Waals surface area contributed by atoms with Crippen LogP contribution in [-0.2, 0) is 0 Å². The van der Waals surface area contributed by atoms with E-state index < -0.39 is 0 Å². The number of benzene rings is 1. The van der Waals surface area contributed by atoms with Crippen LogP contribution in [0.5, 0.6) is 0 Å². The third-order valence-electron chi connectivity index (χ3n) is 3.12. The highest BCUT2D eigenvalue weighted by Gasteiger charge is 2.29. The second-order valence-corrected chi connectivity index (χ2v) is 4.66. The predicted molar refractivity (Wildman–Crippen MR) is 67.5 cm³/mol. The van der Waals surface area contributed by atoms with Crippen molar-refractivity contribution in [3.63, 3.8) is 0 Å². The lowest BCUT2D eigenvalue weighted by molar-refractivity contribution is 0.211. The SMILES string of the molecule is CC(CN)CN1CC(c2ccccc2)NC1=O. The average molecular weight is 233 g/mol. The number of hydrogen-bond donors (Lipinski definition) is 2. The first kappa shape index (κ1) is 11.9. The van der Waals surface area contributed by atoms with E-state index in [0.717, 1.165) is 18.7 Å². The Hall–Kier alpha value is -1.55. The number of carbonyl (C=O) groups excluding carboxylic acids is 1. The van der Waals surface area contributed by atoms with Gasteiger partial charge in [-0.3, -0.25) is 0 Å². The molecule has 0 spiro atoms. The Morgan fingerprint density at radius 2 is 2.18 bits per heavy atom. The standard InChI is InChI=1S/C13H19N3O/c1-10(7-14)8-16-9-12(15-13(16)17)11-5-3-2-4-6-11/h2-6,10,12H,7-9,14H2,1H3,(H,15,17). The molecule has 1 fully saturated rings. The molecule has 0 bridgehead atoms. The fourth-order valence-corrected chi connectivity index (χ4v) is 2.07. The molecule has 1 saturated heterocycles. The minimum Gasteiger partial charge on any atom is -0.330 e. The maximum atomic E-state index is 11.8. The van der Waals surface area contributed by atoms with Gasteiger partial charge in [0.1, 0.15) is 0 Å². The van der Waals surface area contributed by atoms with Crippen LogP contribution in [-0.4, -0.2) is 30.6 Å². The number of amides is 2. The van der Waals surface area contributed by atoms with E-state index in [2.05, 4.69) is 12.2 Å². The Labute approximate surface area is 102 Å². The maximum absolute atomic E-state index is 11.8. The molecule has 1 aromatic carbocycles. The van der Waals surface area contributed by atoms with Crippen LogP contribution in [0.25, 0.3) is 0 Å². The van der Waals surface area contributed by atoms with Gasteiger partial charge < -0.3 is 16.0 Å². The van der Waals surface area contributed by atoms with Gasteiger partial charge in [-0.1, -0.05) is 37.3 Å². The minimum absolute atomic E-state index is 0.0131. The van der Waals surface area contributed by atoms with Crippen LogP contribution in [0.1, 0.15) is 18.5 Å². The van der Waals surface area contributed by atoms with Crippen molar-refractivity contribution in [2.45, 2.75) is 13.0 Å². The van der Waals surface area contributed by atoms with E-state index in [9.17, 15) is 4.79 Å². The van der Waals surface area contributed by atoms with Crippen LogP contribution in [0, 0.1) is 5.92 Å². The lowest BCUT2D eigenvalue weighted by Crippen LogP contribution is -2.34. The zero-order chi connectivity index (χ0) is 12.3. The average Bonchev–Trinajstić information content (AvgIpc) is 2.72. The summed E-state index contributed by atoms with van der Waals surface area (Å²) in [5.74, 6) is 0.343. The molecule has 0 aromatic heterocycles. The molecule has 92 valence electrons.